The molecule has 0 aliphatic heterocycles. The molecule has 1 aliphatic carbocycles. The summed E-state index contributed by atoms with van der Waals surface area (Å²) in [6, 6.07) is 7.69. The third kappa shape index (κ3) is 3.96. The predicted molar refractivity (Wildman–Crippen MR) is 101 cm³/mol. The number of hydrogen-bond acceptors (Lipinski definition) is 5. The van der Waals surface area contributed by atoms with E-state index in [-0.39, 0.29) is 11.3 Å². The van der Waals surface area contributed by atoms with Crippen molar-refractivity contribution >= 4 is 28.9 Å². The number of carbonyl (C=O) groups is 1. The maximum Gasteiger partial charge on any atom is 0.192 e. The normalized spacial score (nSPS) is 15.1. The maximum atomic E-state index is 13.4. The minimum Gasteiger partial charge on any atom is -0.303 e. The van der Waals surface area contributed by atoms with Crippen molar-refractivity contribution in [3.63, 3.8) is 0 Å². The molecule has 4 rings (SSSR count). The molecule has 0 unspecified atom stereocenters. The van der Waals surface area contributed by atoms with Gasteiger partial charge in [0.2, 0.25) is 0 Å². The zero-order valence-electron chi connectivity index (χ0n) is 14.6. The molecule has 2 aromatic heterocycles. The van der Waals surface area contributed by atoms with Crippen LogP contribution in [0.15, 0.2) is 40.9 Å². The summed E-state index contributed by atoms with van der Waals surface area (Å²) in [6.45, 7) is 1.75. The summed E-state index contributed by atoms with van der Waals surface area (Å²) in [6.07, 6.45) is 2.87. The molecule has 8 heteroatoms. The average Bonchev–Trinajstić information content (AvgIpc) is 3.21. The Morgan fingerprint density at radius 2 is 2.11 bits per heavy atom. The number of halogens is 2. The number of rotatable bonds is 7. The van der Waals surface area contributed by atoms with Crippen LogP contribution in [0.3, 0.4) is 0 Å². The predicted octanol–water partition coefficient (Wildman–Crippen LogP) is 4.91. The summed E-state index contributed by atoms with van der Waals surface area (Å²) in [7, 11) is 0. The van der Waals surface area contributed by atoms with Crippen molar-refractivity contribution in [2.75, 3.05) is 0 Å². The first-order chi connectivity index (χ1) is 13.0. The summed E-state index contributed by atoms with van der Waals surface area (Å²) in [5, 5.41) is 10.9. The Bertz CT molecular complexity index is 968. The van der Waals surface area contributed by atoms with Crippen LogP contribution >= 0.6 is 23.1 Å². The molecule has 1 aliphatic rings. The number of aromatic nitrogens is 3. The van der Waals surface area contributed by atoms with Crippen LogP contribution in [0.25, 0.3) is 0 Å². The molecule has 1 atom stereocenters. The van der Waals surface area contributed by atoms with Gasteiger partial charge in [-0.2, -0.15) is 0 Å². The van der Waals surface area contributed by atoms with Crippen LogP contribution in [0.4, 0.5) is 8.78 Å². The van der Waals surface area contributed by atoms with Crippen molar-refractivity contribution in [2.24, 2.45) is 0 Å². The lowest BCUT2D eigenvalue weighted by Gasteiger charge is -2.12. The Kier molecular flexibility index (Phi) is 5.10. The first-order valence-corrected chi connectivity index (χ1v) is 10.4. The summed E-state index contributed by atoms with van der Waals surface area (Å²) in [4.78, 5) is 13.8. The van der Waals surface area contributed by atoms with Crippen LogP contribution in [0.5, 0.6) is 0 Å². The van der Waals surface area contributed by atoms with E-state index in [4.69, 9.17) is 0 Å². The van der Waals surface area contributed by atoms with E-state index in [0.717, 1.165) is 30.8 Å². The number of ketones is 1. The average molecular weight is 405 g/mol. The Morgan fingerprint density at radius 3 is 2.78 bits per heavy atom. The van der Waals surface area contributed by atoms with Gasteiger partial charge in [-0.15, -0.1) is 21.5 Å². The fraction of sp³-hybridized carbons (Fsp3) is 0.316. The third-order valence-electron chi connectivity index (χ3n) is 4.42. The molecule has 0 amide bonds. The highest BCUT2D eigenvalue weighted by Crippen LogP contribution is 2.40. The molecular weight excluding hydrogens is 388 g/mol. The lowest BCUT2D eigenvalue weighted by molar-refractivity contribution is 0.0993. The second-order valence-corrected chi connectivity index (χ2v) is 8.85. The van der Waals surface area contributed by atoms with Gasteiger partial charge in [-0.05, 0) is 49.4 Å². The smallest absolute Gasteiger partial charge is 0.192 e. The summed E-state index contributed by atoms with van der Waals surface area (Å²) < 4.78 is 28.7. The molecule has 1 fully saturated rings. The summed E-state index contributed by atoms with van der Waals surface area (Å²) in [5.41, 5.74) is 0.158. The Labute approximate surface area is 163 Å². The first-order valence-electron chi connectivity index (χ1n) is 8.65. The molecule has 0 radical (unpaired) electrons. The highest BCUT2D eigenvalue weighted by molar-refractivity contribution is 8.00. The molecule has 0 bridgehead atoms. The van der Waals surface area contributed by atoms with E-state index in [0.29, 0.717) is 17.6 Å². The van der Waals surface area contributed by atoms with Gasteiger partial charge in [0.15, 0.2) is 22.6 Å². The third-order valence-corrected chi connectivity index (χ3v) is 6.35. The molecule has 1 saturated carbocycles. The molecule has 0 spiro atoms. The molecule has 140 valence electrons. The molecule has 3 aromatic rings. The number of hydrogen-bond donors (Lipinski definition) is 0. The SMILES string of the molecule is C[C@H](Sc1nnc(Cc2cccs2)n1C1CC1)C(=O)c1ccc(F)c(F)c1. The van der Waals surface area contributed by atoms with E-state index in [1.807, 2.05) is 11.4 Å². The number of Topliss-reactive ketones (excluding diaryl/α,β-unsaturated/α-hetero) is 1. The zero-order valence-corrected chi connectivity index (χ0v) is 16.2. The van der Waals surface area contributed by atoms with Crippen LogP contribution in [-0.4, -0.2) is 25.8 Å². The molecular formula is C19H17F2N3OS2. The summed E-state index contributed by atoms with van der Waals surface area (Å²) >= 11 is 2.99. The van der Waals surface area contributed by atoms with Gasteiger partial charge in [0, 0.05) is 22.9 Å². The van der Waals surface area contributed by atoms with Gasteiger partial charge in [-0.1, -0.05) is 17.8 Å². The standard InChI is InChI=1S/C19H17F2N3OS2/c1-11(18(25)12-4-7-15(20)16(21)9-12)27-19-23-22-17(24(19)13-5-6-13)10-14-3-2-8-26-14/h2-4,7-9,11,13H,5-6,10H2,1H3/t11-/m0/s1. The lowest BCUT2D eigenvalue weighted by atomic mass is 10.1. The monoisotopic (exact) mass is 405 g/mol. The van der Waals surface area contributed by atoms with Crippen molar-refractivity contribution in [2.45, 2.75) is 42.6 Å². The van der Waals surface area contributed by atoms with E-state index in [2.05, 4.69) is 20.8 Å². The van der Waals surface area contributed by atoms with Crippen LogP contribution in [0, 0.1) is 11.6 Å². The minimum atomic E-state index is -1.02. The Balaban J connectivity index is 1.54. The lowest BCUT2D eigenvalue weighted by Crippen LogP contribution is -2.15. The molecule has 0 saturated heterocycles. The largest absolute Gasteiger partial charge is 0.303 e. The van der Waals surface area contributed by atoms with Crippen LogP contribution in [0.1, 0.15) is 46.9 Å². The first kappa shape index (κ1) is 18.3. The zero-order chi connectivity index (χ0) is 19.0. The molecule has 2 heterocycles. The van der Waals surface area contributed by atoms with Gasteiger partial charge in [0.25, 0.3) is 0 Å². The van der Waals surface area contributed by atoms with Gasteiger partial charge < -0.3 is 4.57 Å². The minimum absolute atomic E-state index is 0.158. The highest BCUT2D eigenvalue weighted by Gasteiger charge is 2.31. The quantitative estimate of drug-likeness (QED) is 0.414. The summed E-state index contributed by atoms with van der Waals surface area (Å²) in [5.74, 6) is -1.34. The Hall–Kier alpha value is -2.06. The van der Waals surface area contributed by atoms with Gasteiger partial charge in [-0.3, -0.25) is 4.79 Å². The van der Waals surface area contributed by atoms with Gasteiger partial charge in [0.05, 0.1) is 5.25 Å². The number of thiophene rings is 1. The number of carbonyl (C=O) groups excluding carboxylic acids is 1. The van der Waals surface area contributed by atoms with Crippen LogP contribution in [0.2, 0.25) is 0 Å². The molecule has 27 heavy (non-hydrogen) atoms. The second kappa shape index (κ2) is 7.52. The van der Waals surface area contributed by atoms with Crippen molar-refractivity contribution in [1.29, 1.82) is 0 Å². The van der Waals surface area contributed by atoms with E-state index >= 15 is 0 Å². The number of thioether (sulfide) groups is 1. The van der Waals surface area contributed by atoms with E-state index in [1.165, 1.54) is 22.7 Å². The van der Waals surface area contributed by atoms with Crippen LogP contribution < -0.4 is 0 Å². The van der Waals surface area contributed by atoms with Gasteiger partial charge in [-0.25, -0.2) is 8.78 Å². The fourth-order valence-corrected chi connectivity index (χ4v) is 4.59. The Morgan fingerprint density at radius 1 is 1.30 bits per heavy atom. The van der Waals surface area contributed by atoms with Gasteiger partial charge >= 0.3 is 0 Å². The van der Waals surface area contributed by atoms with Crippen LogP contribution in [-0.2, 0) is 6.42 Å². The number of nitrogens with zero attached hydrogens (tertiary/aromatic N) is 3. The topological polar surface area (TPSA) is 47.8 Å². The van der Waals surface area contributed by atoms with E-state index in [9.17, 15) is 13.6 Å². The van der Waals surface area contributed by atoms with Gasteiger partial charge in [0.1, 0.15) is 5.82 Å². The number of benzene rings is 1. The maximum absolute atomic E-state index is 13.4. The van der Waals surface area contributed by atoms with E-state index in [1.54, 1.807) is 18.3 Å². The fourth-order valence-electron chi connectivity index (χ4n) is 2.87. The molecule has 0 N–H and O–H groups in total. The highest BCUT2D eigenvalue weighted by atomic mass is 32.2. The van der Waals surface area contributed by atoms with Crippen molar-refractivity contribution in [1.82, 2.24) is 14.8 Å². The van der Waals surface area contributed by atoms with E-state index < -0.39 is 16.9 Å². The molecule has 4 nitrogen and oxygen atoms in total. The van der Waals surface area contributed by atoms with Crippen molar-refractivity contribution in [3.05, 3.63) is 63.6 Å². The van der Waals surface area contributed by atoms with Crippen molar-refractivity contribution in [3.8, 4) is 0 Å². The molecule has 1 aromatic carbocycles. The van der Waals surface area contributed by atoms with Crippen molar-refractivity contribution < 1.29 is 13.6 Å². The second-order valence-electron chi connectivity index (χ2n) is 6.51.